The van der Waals surface area contributed by atoms with E-state index in [0.29, 0.717) is 5.92 Å². The Morgan fingerprint density at radius 2 is 1.79 bits per heavy atom. The Bertz CT molecular complexity index is 107. The largest absolute Gasteiger partial charge is 0.382 e. The van der Waals surface area contributed by atoms with Crippen LogP contribution in [0.2, 0.25) is 0 Å². The molecule has 0 rings (SSSR count). The summed E-state index contributed by atoms with van der Waals surface area (Å²) in [6.07, 6.45) is 0.998. The first-order valence-corrected chi connectivity index (χ1v) is 5.63. The van der Waals surface area contributed by atoms with E-state index in [1.54, 1.807) is 0 Å². The van der Waals surface area contributed by atoms with Crippen LogP contribution in [0.5, 0.6) is 0 Å². The Morgan fingerprint density at radius 1 is 1.07 bits per heavy atom. The molecule has 0 aliphatic rings. The predicted octanol–water partition coefficient (Wildman–Crippen LogP) is 1.68. The Morgan fingerprint density at radius 3 is 2.43 bits per heavy atom. The van der Waals surface area contributed by atoms with Gasteiger partial charge in [-0.05, 0) is 25.8 Å². The van der Waals surface area contributed by atoms with Crippen molar-refractivity contribution >= 4 is 0 Å². The molecule has 0 spiro atoms. The minimum absolute atomic E-state index is 0.716. The molecule has 0 aliphatic carbocycles. The molecule has 0 saturated heterocycles. The molecule has 0 heterocycles. The summed E-state index contributed by atoms with van der Waals surface area (Å²) >= 11 is 0. The van der Waals surface area contributed by atoms with Gasteiger partial charge in [-0.1, -0.05) is 13.8 Å². The van der Waals surface area contributed by atoms with Crippen LogP contribution in [0.25, 0.3) is 0 Å². The van der Waals surface area contributed by atoms with Crippen LogP contribution in [0.3, 0.4) is 0 Å². The molecule has 0 aromatic carbocycles. The lowest BCUT2D eigenvalue weighted by molar-refractivity contribution is 0.0889. The SMILES string of the molecule is CCOCCCOCCNCC(C)C. The summed E-state index contributed by atoms with van der Waals surface area (Å²) in [7, 11) is 0. The first-order valence-electron chi connectivity index (χ1n) is 5.63. The summed E-state index contributed by atoms with van der Waals surface area (Å²) in [6, 6.07) is 0. The van der Waals surface area contributed by atoms with Gasteiger partial charge in [-0.2, -0.15) is 0 Å². The number of hydrogen-bond acceptors (Lipinski definition) is 3. The van der Waals surface area contributed by atoms with Crippen LogP contribution < -0.4 is 5.32 Å². The van der Waals surface area contributed by atoms with Crippen LogP contribution in [0, 0.1) is 5.92 Å². The second kappa shape index (κ2) is 11.0. The van der Waals surface area contributed by atoms with Gasteiger partial charge < -0.3 is 14.8 Å². The van der Waals surface area contributed by atoms with Gasteiger partial charge in [0.1, 0.15) is 0 Å². The third-order valence-corrected chi connectivity index (χ3v) is 1.76. The van der Waals surface area contributed by atoms with Crippen molar-refractivity contribution < 1.29 is 9.47 Å². The summed E-state index contributed by atoms with van der Waals surface area (Å²) in [5.41, 5.74) is 0. The van der Waals surface area contributed by atoms with Crippen molar-refractivity contribution in [3.05, 3.63) is 0 Å². The maximum Gasteiger partial charge on any atom is 0.0590 e. The van der Waals surface area contributed by atoms with Gasteiger partial charge >= 0.3 is 0 Å². The van der Waals surface area contributed by atoms with E-state index in [9.17, 15) is 0 Å². The standard InChI is InChI=1S/C11H25NO2/c1-4-13-7-5-8-14-9-6-12-10-11(2)3/h11-12H,4-10H2,1-3H3. The Balaban J connectivity index is 2.85. The van der Waals surface area contributed by atoms with Crippen molar-refractivity contribution in [1.29, 1.82) is 0 Å². The molecule has 0 unspecified atom stereocenters. The smallest absolute Gasteiger partial charge is 0.0590 e. The second-order valence-corrected chi connectivity index (χ2v) is 3.76. The van der Waals surface area contributed by atoms with Gasteiger partial charge in [-0.15, -0.1) is 0 Å². The number of hydrogen-bond donors (Lipinski definition) is 1. The molecule has 0 saturated carbocycles. The Hall–Kier alpha value is -0.120. The molecule has 0 aliphatic heterocycles. The molecular weight excluding hydrogens is 178 g/mol. The third kappa shape index (κ3) is 11.9. The lowest BCUT2D eigenvalue weighted by Gasteiger charge is -2.07. The maximum atomic E-state index is 5.42. The van der Waals surface area contributed by atoms with Gasteiger partial charge in [0, 0.05) is 26.4 Å². The van der Waals surface area contributed by atoms with E-state index < -0.39 is 0 Å². The molecule has 0 fully saturated rings. The number of nitrogens with one attached hydrogen (secondary N) is 1. The highest BCUT2D eigenvalue weighted by Crippen LogP contribution is 1.87. The van der Waals surface area contributed by atoms with E-state index in [4.69, 9.17) is 9.47 Å². The van der Waals surface area contributed by atoms with Gasteiger partial charge in [0.25, 0.3) is 0 Å². The molecule has 0 amide bonds. The Labute approximate surface area is 88.2 Å². The molecule has 0 aromatic rings. The molecule has 1 N–H and O–H groups in total. The van der Waals surface area contributed by atoms with E-state index in [1.165, 1.54) is 0 Å². The first-order chi connectivity index (χ1) is 6.77. The summed E-state index contributed by atoms with van der Waals surface area (Å²) in [5.74, 6) is 0.716. The van der Waals surface area contributed by atoms with E-state index in [1.807, 2.05) is 6.92 Å². The van der Waals surface area contributed by atoms with Gasteiger partial charge in [0.05, 0.1) is 6.61 Å². The fraction of sp³-hybridized carbons (Fsp3) is 1.00. The van der Waals surface area contributed by atoms with E-state index in [2.05, 4.69) is 19.2 Å². The van der Waals surface area contributed by atoms with Crippen LogP contribution in [0.15, 0.2) is 0 Å². The summed E-state index contributed by atoms with van der Waals surface area (Å²) < 4.78 is 10.6. The number of rotatable bonds is 10. The van der Waals surface area contributed by atoms with Crippen LogP contribution in [-0.4, -0.2) is 39.5 Å². The quantitative estimate of drug-likeness (QED) is 0.548. The zero-order valence-corrected chi connectivity index (χ0v) is 9.84. The van der Waals surface area contributed by atoms with E-state index in [-0.39, 0.29) is 0 Å². The minimum Gasteiger partial charge on any atom is -0.382 e. The molecule has 3 nitrogen and oxygen atoms in total. The topological polar surface area (TPSA) is 30.5 Å². The lowest BCUT2D eigenvalue weighted by Crippen LogP contribution is -2.24. The Kier molecular flexibility index (Phi) is 10.9. The van der Waals surface area contributed by atoms with Crippen LogP contribution in [0.4, 0.5) is 0 Å². The average Bonchev–Trinajstić information content (AvgIpc) is 2.15. The van der Waals surface area contributed by atoms with Crippen molar-refractivity contribution in [3.8, 4) is 0 Å². The summed E-state index contributed by atoms with van der Waals surface area (Å²) in [6.45, 7) is 11.7. The van der Waals surface area contributed by atoms with Crippen molar-refractivity contribution in [3.63, 3.8) is 0 Å². The fourth-order valence-electron chi connectivity index (χ4n) is 1.04. The van der Waals surface area contributed by atoms with Gasteiger partial charge in [0.15, 0.2) is 0 Å². The predicted molar refractivity (Wildman–Crippen MR) is 59.6 cm³/mol. The minimum atomic E-state index is 0.716. The molecule has 0 bridgehead atoms. The molecular formula is C11H25NO2. The van der Waals surface area contributed by atoms with Crippen LogP contribution in [0.1, 0.15) is 27.2 Å². The third-order valence-electron chi connectivity index (χ3n) is 1.76. The molecule has 86 valence electrons. The maximum absolute atomic E-state index is 5.42. The summed E-state index contributed by atoms with van der Waals surface area (Å²) in [5, 5.41) is 3.33. The lowest BCUT2D eigenvalue weighted by atomic mass is 10.2. The van der Waals surface area contributed by atoms with Crippen LogP contribution in [-0.2, 0) is 9.47 Å². The fourth-order valence-corrected chi connectivity index (χ4v) is 1.04. The van der Waals surface area contributed by atoms with Crippen LogP contribution >= 0.6 is 0 Å². The summed E-state index contributed by atoms with van der Waals surface area (Å²) in [4.78, 5) is 0. The monoisotopic (exact) mass is 203 g/mol. The number of ether oxygens (including phenoxy) is 2. The molecule has 3 heteroatoms. The highest BCUT2D eigenvalue weighted by molar-refractivity contribution is 4.49. The first kappa shape index (κ1) is 13.9. The molecule has 14 heavy (non-hydrogen) atoms. The van der Waals surface area contributed by atoms with E-state index in [0.717, 1.165) is 45.9 Å². The highest BCUT2D eigenvalue weighted by atomic mass is 16.5. The zero-order valence-electron chi connectivity index (χ0n) is 9.84. The van der Waals surface area contributed by atoms with Gasteiger partial charge in [-0.3, -0.25) is 0 Å². The van der Waals surface area contributed by atoms with Crippen molar-refractivity contribution in [2.75, 3.05) is 39.5 Å². The second-order valence-electron chi connectivity index (χ2n) is 3.76. The van der Waals surface area contributed by atoms with E-state index >= 15 is 0 Å². The van der Waals surface area contributed by atoms with Crippen molar-refractivity contribution in [2.24, 2.45) is 5.92 Å². The zero-order chi connectivity index (χ0) is 10.6. The molecule has 0 radical (unpaired) electrons. The van der Waals surface area contributed by atoms with Gasteiger partial charge in [0.2, 0.25) is 0 Å². The van der Waals surface area contributed by atoms with Gasteiger partial charge in [-0.25, -0.2) is 0 Å². The molecule has 0 aromatic heterocycles. The van der Waals surface area contributed by atoms with Crippen molar-refractivity contribution in [1.82, 2.24) is 5.32 Å². The highest BCUT2D eigenvalue weighted by Gasteiger charge is 1.92. The van der Waals surface area contributed by atoms with Crippen molar-refractivity contribution in [2.45, 2.75) is 27.2 Å². The normalized spacial score (nSPS) is 11.1. The molecule has 0 atom stereocenters. The average molecular weight is 203 g/mol.